The van der Waals surface area contributed by atoms with E-state index in [4.69, 9.17) is 9.47 Å². The van der Waals surface area contributed by atoms with Crippen LogP contribution in [0.25, 0.3) is 0 Å². The molecule has 0 saturated carbocycles. The number of rotatable bonds is 3. The fourth-order valence-corrected chi connectivity index (χ4v) is 2.44. The molecule has 0 radical (unpaired) electrons. The summed E-state index contributed by atoms with van der Waals surface area (Å²) in [5, 5.41) is 11.5. The number of para-hydroxylation sites is 2. The number of ether oxygens (including phenoxy) is 2. The van der Waals surface area contributed by atoms with Gasteiger partial charge in [-0.05, 0) is 28.1 Å². The molecule has 0 spiro atoms. The minimum Gasteiger partial charge on any atom is -0.618 e. The zero-order chi connectivity index (χ0) is 13.1. The third-order valence-electron chi connectivity index (χ3n) is 2.24. The van der Waals surface area contributed by atoms with Crippen molar-refractivity contribution in [2.24, 2.45) is 0 Å². The Bertz CT molecular complexity index is 575. The molecule has 2 aromatic rings. The summed E-state index contributed by atoms with van der Waals surface area (Å²) >= 11 is 6.53. The van der Waals surface area contributed by atoms with Crippen molar-refractivity contribution in [1.82, 2.24) is 0 Å². The number of nitrogens with zero attached hydrogens (tertiary/aromatic N) is 1. The molecule has 0 atom stereocenters. The number of hydrogen-bond acceptors (Lipinski definition) is 3. The third-order valence-corrected chi connectivity index (χ3v) is 3.57. The van der Waals surface area contributed by atoms with Gasteiger partial charge in [-0.15, -0.1) is 0 Å². The molecule has 1 aromatic carbocycles. The standard InChI is InChI=1S/C12H9Br2NO3/c1-17-9-4-2-3-5-10(9)18-11-8(13)6-7-15(16)12(11)14/h2-7H,1H3. The molecular weight excluding hydrogens is 366 g/mol. The summed E-state index contributed by atoms with van der Waals surface area (Å²) in [6.07, 6.45) is 1.38. The van der Waals surface area contributed by atoms with Gasteiger partial charge in [-0.3, -0.25) is 0 Å². The summed E-state index contributed by atoms with van der Waals surface area (Å²) in [6, 6.07) is 8.83. The molecule has 0 amide bonds. The van der Waals surface area contributed by atoms with E-state index in [1.165, 1.54) is 6.20 Å². The molecule has 0 N–H and O–H groups in total. The Morgan fingerprint density at radius 1 is 1.11 bits per heavy atom. The van der Waals surface area contributed by atoms with Crippen molar-refractivity contribution < 1.29 is 14.2 Å². The van der Waals surface area contributed by atoms with Crippen LogP contribution in [-0.2, 0) is 0 Å². The maximum atomic E-state index is 11.5. The van der Waals surface area contributed by atoms with E-state index in [1.54, 1.807) is 25.3 Å². The van der Waals surface area contributed by atoms with Gasteiger partial charge in [0.15, 0.2) is 17.7 Å². The lowest BCUT2D eigenvalue weighted by atomic mass is 10.3. The monoisotopic (exact) mass is 373 g/mol. The highest BCUT2D eigenvalue weighted by Gasteiger charge is 2.17. The van der Waals surface area contributed by atoms with Crippen molar-refractivity contribution in [2.45, 2.75) is 0 Å². The van der Waals surface area contributed by atoms with E-state index in [0.717, 1.165) is 0 Å². The van der Waals surface area contributed by atoms with Crippen molar-refractivity contribution in [1.29, 1.82) is 0 Å². The maximum absolute atomic E-state index is 11.5. The van der Waals surface area contributed by atoms with Gasteiger partial charge in [-0.1, -0.05) is 12.1 Å². The lowest BCUT2D eigenvalue weighted by molar-refractivity contribution is -0.617. The van der Waals surface area contributed by atoms with Gasteiger partial charge in [0.05, 0.1) is 11.6 Å². The summed E-state index contributed by atoms with van der Waals surface area (Å²) in [5.41, 5.74) is 0. The first kappa shape index (κ1) is 13.2. The van der Waals surface area contributed by atoms with Crippen molar-refractivity contribution in [2.75, 3.05) is 7.11 Å². The highest BCUT2D eigenvalue weighted by Crippen LogP contribution is 2.37. The number of halogens is 2. The van der Waals surface area contributed by atoms with Crippen LogP contribution >= 0.6 is 31.9 Å². The number of hydrogen-bond donors (Lipinski definition) is 0. The van der Waals surface area contributed by atoms with Crippen molar-refractivity contribution in [3.63, 3.8) is 0 Å². The predicted octanol–water partition coefficient (Wildman–Crippen LogP) is 3.65. The highest BCUT2D eigenvalue weighted by molar-refractivity contribution is 9.11. The molecular formula is C12H9Br2NO3. The maximum Gasteiger partial charge on any atom is 0.303 e. The van der Waals surface area contributed by atoms with Gasteiger partial charge in [0.1, 0.15) is 0 Å². The second kappa shape index (κ2) is 5.58. The molecule has 6 heteroatoms. The Balaban J connectivity index is 2.43. The molecule has 0 aliphatic carbocycles. The summed E-state index contributed by atoms with van der Waals surface area (Å²) in [4.78, 5) is 0. The Hall–Kier alpha value is -1.27. The summed E-state index contributed by atoms with van der Waals surface area (Å²) in [6.45, 7) is 0. The van der Waals surface area contributed by atoms with Crippen LogP contribution in [0, 0.1) is 5.21 Å². The van der Waals surface area contributed by atoms with Crippen LogP contribution in [0.15, 0.2) is 45.6 Å². The Morgan fingerprint density at radius 3 is 2.44 bits per heavy atom. The lowest BCUT2D eigenvalue weighted by Crippen LogP contribution is -2.27. The smallest absolute Gasteiger partial charge is 0.303 e. The lowest BCUT2D eigenvalue weighted by Gasteiger charge is -2.11. The zero-order valence-electron chi connectivity index (χ0n) is 9.39. The second-order valence-electron chi connectivity index (χ2n) is 3.36. The molecule has 0 aliphatic rings. The fraction of sp³-hybridized carbons (Fsp3) is 0.0833. The number of benzene rings is 1. The highest BCUT2D eigenvalue weighted by atomic mass is 79.9. The third kappa shape index (κ3) is 2.59. The second-order valence-corrected chi connectivity index (χ2v) is 4.97. The van der Waals surface area contributed by atoms with Crippen molar-refractivity contribution >= 4 is 31.9 Å². The Kier molecular flexibility index (Phi) is 4.08. The predicted molar refractivity (Wildman–Crippen MR) is 73.9 cm³/mol. The van der Waals surface area contributed by atoms with Crippen LogP contribution in [0.1, 0.15) is 0 Å². The van der Waals surface area contributed by atoms with E-state index in [9.17, 15) is 5.21 Å². The number of methoxy groups -OCH3 is 1. The zero-order valence-corrected chi connectivity index (χ0v) is 12.6. The molecule has 18 heavy (non-hydrogen) atoms. The topological polar surface area (TPSA) is 45.4 Å². The Labute approximate surface area is 121 Å². The molecule has 1 heterocycles. The first-order valence-electron chi connectivity index (χ1n) is 5.01. The Morgan fingerprint density at radius 2 is 1.78 bits per heavy atom. The average molecular weight is 375 g/mol. The minimum absolute atomic E-state index is 0.294. The largest absolute Gasteiger partial charge is 0.618 e. The molecule has 0 bridgehead atoms. The van der Waals surface area contributed by atoms with Gasteiger partial charge in [-0.2, -0.15) is 4.73 Å². The van der Waals surface area contributed by atoms with Crippen LogP contribution in [0.4, 0.5) is 0 Å². The van der Waals surface area contributed by atoms with Crippen molar-refractivity contribution in [3.05, 3.63) is 50.8 Å². The van der Waals surface area contributed by atoms with Gasteiger partial charge >= 0.3 is 4.60 Å². The summed E-state index contributed by atoms with van der Waals surface area (Å²) in [5.74, 6) is 1.53. The van der Waals surface area contributed by atoms with E-state index in [1.807, 2.05) is 12.1 Å². The van der Waals surface area contributed by atoms with Crippen LogP contribution in [0.5, 0.6) is 17.2 Å². The summed E-state index contributed by atoms with van der Waals surface area (Å²) in [7, 11) is 1.56. The molecule has 0 aliphatic heterocycles. The fourth-order valence-electron chi connectivity index (χ4n) is 1.38. The molecule has 0 unspecified atom stereocenters. The average Bonchev–Trinajstić information content (AvgIpc) is 2.39. The van der Waals surface area contributed by atoms with E-state index in [-0.39, 0.29) is 0 Å². The van der Waals surface area contributed by atoms with Gasteiger partial charge in [0.2, 0.25) is 5.75 Å². The summed E-state index contributed by atoms with van der Waals surface area (Å²) < 4.78 is 12.5. The molecule has 0 fully saturated rings. The SMILES string of the molecule is COc1ccccc1Oc1c(Br)cc[n+]([O-])c1Br. The van der Waals surface area contributed by atoms with E-state index in [0.29, 0.717) is 31.1 Å². The van der Waals surface area contributed by atoms with E-state index >= 15 is 0 Å². The van der Waals surface area contributed by atoms with Gasteiger partial charge in [-0.25, -0.2) is 0 Å². The van der Waals surface area contributed by atoms with Crippen LogP contribution in [-0.4, -0.2) is 7.11 Å². The minimum atomic E-state index is 0.294. The molecule has 1 aromatic heterocycles. The molecule has 2 rings (SSSR count). The number of pyridine rings is 1. The van der Waals surface area contributed by atoms with Gasteiger partial charge in [0.25, 0.3) is 0 Å². The van der Waals surface area contributed by atoms with Gasteiger partial charge in [0, 0.05) is 22.0 Å². The normalized spacial score (nSPS) is 10.2. The van der Waals surface area contributed by atoms with Crippen LogP contribution in [0.3, 0.4) is 0 Å². The van der Waals surface area contributed by atoms with E-state index < -0.39 is 0 Å². The van der Waals surface area contributed by atoms with Crippen LogP contribution < -0.4 is 14.2 Å². The van der Waals surface area contributed by atoms with Gasteiger partial charge < -0.3 is 14.7 Å². The quantitative estimate of drug-likeness (QED) is 0.468. The first-order valence-corrected chi connectivity index (χ1v) is 6.60. The molecule has 0 saturated heterocycles. The molecule has 4 nitrogen and oxygen atoms in total. The molecule has 94 valence electrons. The van der Waals surface area contributed by atoms with E-state index in [2.05, 4.69) is 31.9 Å². The first-order chi connectivity index (χ1) is 8.63. The van der Waals surface area contributed by atoms with Crippen molar-refractivity contribution in [3.8, 4) is 17.2 Å². The van der Waals surface area contributed by atoms with Crippen LogP contribution in [0.2, 0.25) is 0 Å². The number of aromatic nitrogens is 1.